The number of halogens is 2. The van der Waals surface area contributed by atoms with Crippen molar-refractivity contribution in [2.75, 3.05) is 17.5 Å². The minimum Gasteiger partial charge on any atom is -0.494 e. The molecule has 0 bridgehead atoms. The summed E-state index contributed by atoms with van der Waals surface area (Å²) in [5.41, 5.74) is 1.18. The highest BCUT2D eigenvalue weighted by atomic mass is 79.9. The summed E-state index contributed by atoms with van der Waals surface area (Å²) in [5.74, 6) is -1.04. The molecular weight excluding hydrogens is 685 g/mol. The monoisotopic (exact) mass is 723 g/mol. The minimum atomic E-state index is -4.37. The predicted molar refractivity (Wildman–Crippen MR) is 185 cm³/mol. The number of hydrogen-bond donors (Lipinski definition) is 1. The van der Waals surface area contributed by atoms with Crippen molar-refractivity contribution in [2.24, 2.45) is 0 Å². The number of carbonyl (C=O) groups excluding carboxylic acids is 2. The van der Waals surface area contributed by atoms with Gasteiger partial charge in [-0.15, -0.1) is 0 Å². The van der Waals surface area contributed by atoms with Crippen LogP contribution in [0.15, 0.2) is 112 Å². The van der Waals surface area contributed by atoms with Crippen LogP contribution in [0.25, 0.3) is 0 Å². The Bertz CT molecular complexity index is 1750. The number of nitrogens with zero attached hydrogens (tertiary/aromatic N) is 2. The lowest BCUT2D eigenvalue weighted by Crippen LogP contribution is -2.56. The van der Waals surface area contributed by atoms with E-state index in [1.165, 1.54) is 4.90 Å². The highest BCUT2D eigenvalue weighted by molar-refractivity contribution is 9.10. The second-order valence-electron chi connectivity index (χ2n) is 12.0. The fraction of sp³-hybridized carbons (Fsp3) is 0.278. The normalized spacial score (nSPS) is 12.2. The van der Waals surface area contributed by atoms with Crippen LogP contribution in [0.3, 0.4) is 0 Å². The maximum atomic E-state index is 14.5. The molecule has 8 nitrogen and oxygen atoms in total. The lowest BCUT2D eigenvalue weighted by molar-refractivity contribution is -0.140. The first-order valence-electron chi connectivity index (χ1n) is 15.2. The Hall–Kier alpha value is -4.22. The molecule has 0 aliphatic rings. The molecule has 0 spiro atoms. The van der Waals surface area contributed by atoms with Gasteiger partial charge in [0.15, 0.2) is 0 Å². The van der Waals surface area contributed by atoms with Crippen molar-refractivity contribution in [2.45, 2.75) is 57.1 Å². The molecule has 1 atom stereocenters. The Morgan fingerprint density at radius 3 is 2.06 bits per heavy atom. The van der Waals surface area contributed by atoms with E-state index in [2.05, 4.69) is 21.2 Å². The lowest BCUT2D eigenvalue weighted by Gasteiger charge is -2.35. The van der Waals surface area contributed by atoms with E-state index >= 15 is 0 Å². The molecule has 1 N–H and O–H groups in total. The summed E-state index contributed by atoms with van der Waals surface area (Å²) >= 11 is 3.44. The van der Waals surface area contributed by atoms with Gasteiger partial charge in [0, 0.05) is 23.0 Å². The summed E-state index contributed by atoms with van der Waals surface area (Å²) in [6.45, 7) is 7.23. The summed E-state index contributed by atoms with van der Waals surface area (Å²) in [6.07, 6.45) is 0.193. The van der Waals surface area contributed by atoms with Gasteiger partial charge >= 0.3 is 0 Å². The highest BCUT2D eigenvalue weighted by Gasteiger charge is 2.35. The molecule has 0 unspecified atom stereocenters. The molecule has 248 valence electrons. The number of nitrogens with one attached hydrogen (secondary N) is 1. The lowest BCUT2D eigenvalue weighted by atomic mass is 10.0. The van der Waals surface area contributed by atoms with E-state index in [1.54, 1.807) is 24.3 Å². The van der Waals surface area contributed by atoms with Crippen LogP contribution in [0.2, 0.25) is 0 Å². The van der Waals surface area contributed by atoms with Gasteiger partial charge in [0.2, 0.25) is 11.8 Å². The van der Waals surface area contributed by atoms with Gasteiger partial charge in [-0.1, -0.05) is 58.4 Å². The van der Waals surface area contributed by atoms with Crippen LogP contribution >= 0.6 is 15.9 Å². The van der Waals surface area contributed by atoms with E-state index in [-0.39, 0.29) is 29.5 Å². The van der Waals surface area contributed by atoms with Crippen LogP contribution in [0.5, 0.6) is 5.75 Å². The maximum absolute atomic E-state index is 14.5. The molecule has 0 fully saturated rings. The van der Waals surface area contributed by atoms with Crippen molar-refractivity contribution in [3.8, 4) is 5.75 Å². The Morgan fingerprint density at radius 1 is 0.872 bits per heavy atom. The first-order chi connectivity index (χ1) is 22.3. The molecule has 2 amide bonds. The van der Waals surface area contributed by atoms with Gasteiger partial charge in [0.25, 0.3) is 10.0 Å². The van der Waals surface area contributed by atoms with Gasteiger partial charge in [-0.2, -0.15) is 0 Å². The van der Waals surface area contributed by atoms with Crippen molar-refractivity contribution in [3.63, 3.8) is 0 Å². The largest absolute Gasteiger partial charge is 0.494 e. The third kappa shape index (κ3) is 9.89. The minimum absolute atomic E-state index is 0.0366. The first-order valence-corrected chi connectivity index (χ1v) is 17.4. The molecule has 4 rings (SSSR count). The van der Waals surface area contributed by atoms with E-state index in [0.717, 1.165) is 44.2 Å². The van der Waals surface area contributed by atoms with Crippen molar-refractivity contribution in [1.29, 1.82) is 0 Å². The molecule has 0 heterocycles. The topological polar surface area (TPSA) is 96.0 Å². The van der Waals surface area contributed by atoms with E-state index in [0.29, 0.717) is 12.4 Å². The molecule has 4 aromatic carbocycles. The number of sulfonamides is 1. The molecule has 0 aliphatic heterocycles. The van der Waals surface area contributed by atoms with Gasteiger partial charge in [-0.25, -0.2) is 12.8 Å². The molecule has 0 saturated carbocycles. The maximum Gasteiger partial charge on any atom is 0.264 e. The van der Waals surface area contributed by atoms with Crippen LogP contribution in [0, 0.1) is 5.82 Å². The van der Waals surface area contributed by atoms with Gasteiger partial charge in [-0.05, 0) is 99.5 Å². The zero-order chi connectivity index (χ0) is 34.2. The molecular formula is C36H39BrFN3O5S. The van der Waals surface area contributed by atoms with Crippen LogP contribution in [0.4, 0.5) is 10.1 Å². The smallest absolute Gasteiger partial charge is 0.264 e. The zero-order valence-corrected chi connectivity index (χ0v) is 29.2. The highest BCUT2D eigenvalue weighted by Crippen LogP contribution is 2.27. The first kappa shape index (κ1) is 35.6. The quantitative estimate of drug-likeness (QED) is 0.165. The number of anilines is 1. The second-order valence-corrected chi connectivity index (χ2v) is 14.8. The van der Waals surface area contributed by atoms with E-state index in [1.807, 2.05) is 82.3 Å². The molecule has 4 aromatic rings. The predicted octanol–water partition coefficient (Wildman–Crippen LogP) is 6.74. The summed E-state index contributed by atoms with van der Waals surface area (Å²) in [7, 11) is -4.37. The fourth-order valence-electron chi connectivity index (χ4n) is 4.93. The number of amides is 2. The average Bonchev–Trinajstić information content (AvgIpc) is 3.03. The third-order valence-electron chi connectivity index (χ3n) is 7.15. The Morgan fingerprint density at radius 2 is 1.49 bits per heavy atom. The van der Waals surface area contributed by atoms with Crippen molar-refractivity contribution in [1.82, 2.24) is 10.2 Å². The van der Waals surface area contributed by atoms with Crippen LogP contribution in [-0.2, 0) is 32.6 Å². The number of rotatable bonds is 13. The van der Waals surface area contributed by atoms with Gasteiger partial charge in [0.05, 0.1) is 17.2 Å². The second kappa shape index (κ2) is 15.6. The number of benzene rings is 4. The molecule has 0 aliphatic carbocycles. The third-order valence-corrected chi connectivity index (χ3v) is 9.47. The summed E-state index contributed by atoms with van der Waals surface area (Å²) in [6, 6.07) is 26.5. The van der Waals surface area contributed by atoms with E-state index < -0.39 is 39.9 Å². The molecule has 11 heteroatoms. The molecule has 0 aromatic heterocycles. The fourth-order valence-corrected chi connectivity index (χ4v) is 6.61. The Balaban J connectivity index is 1.81. The van der Waals surface area contributed by atoms with Gasteiger partial charge in [-0.3, -0.25) is 13.9 Å². The summed E-state index contributed by atoms with van der Waals surface area (Å²) in [4.78, 5) is 29.8. The van der Waals surface area contributed by atoms with Crippen molar-refractivity contribution < 1.29 is 27.1 Å². The number of ether oxygens (including phenoxy) is 1. The van der Waals surface area contributed by atoms with E-state index in [4.69, 9.17) is 4.74 Å². The summed E-state index contributed by atoms with van der Waals surface area (Å²) in [5, 5.41) is 3.01. The molecule has 0 saturated heterocycles. The molecule has 0 radical (unpaired) electrons. The van der Waals surface area contributed by atoms with Gasteiger partial charge in [0.1, 0.15) is 24.2 Å². The zero-order valence-electron chi connectivity index (χ0n) is 26.8. The Labute approximate surface area is 284 Å². The SMILES string of the molecule is CCOc1ccc(N(CC(=O)N(Cc2ccc(Br)cc2)[C@@H](Cc2ccccc2)C(=O)NC(C)(C)C)S(=O)(=O)c2ccc(F)cc2)cc1. The number of hydrogen-bond acceptors (Lipinski definition) is 5. The average molecular weight is 725 g/mol. The summed E-state index contributed by atoms with van der Waals surface area (Å²) < 4.78 is 49.4. The number of carbonyl (C=O) groups is 2. The molecule has 47 heavy (non-hydrogen) atoms. The van der Waals surface area contributed by atoms with Crippen molar-refractivity contribution >= 4 is 43.5 Å². The van der Waals surface area contributed by atoms with Crippen LogP contribution in [0.1, 0.15) is 38.8 Å². The standard InChI is InChI=1S/C36H39BrFN3O5S/c1-5-46-31-19-17-30(18-20-31)41(47(44,45)32-21-15-29(38)16-22-32)25-34(42)40(24-27-11-13-28(37)14-12-27)33(35(43)39-36(2,3)4)23-26-9-7-6-8-10-26/h6-22,33H,5,23-25H2,1-4H3,(H,39,43)/t33-/m0/s1. The van der Waals surface area contributed by atoms with E-state index in [9.17, 15) is 22.4 Å². The van der Waals surface area contributed by atoms with Crippen molar-refractivity contribution in [3.05, 3.63) is 125 Å². The van der Waals surface area contributed by atoms with Gasteiger partial charge < -0.3 is 15.0 Å². The van der Waals surface area contributed by atoms with Crippen LogP contribution in [-0.4, -0.2) is 49.9 Å². The Kier molecular flexibility index (Phi) is 11.8. The van der Waals surface area contributed by atoms with Crippen LogP contribution < -0.4 is 14.4 Å².